The van der Waals surface area contributed by atoms with Crippen LogP contribution in [0.15, 0.2) is 91.5 Å². The number of aliphatic hydroxyl groups is 1. The number of aromatic nitrogens is 2. The number of carboxylic acids is 1. The standard InChI is InChI=1S/C40H44N4O8S2/c1-43(26-9-11-27(12-10-26)52-40(38(48)49,34-6-4-20-53-34)35-7-5-21-54-35)18-2-3-19-44-30-15-8-25(22-33(30)51-39(44)50)23-41-24-32(46)28-13-16-31(45)37-29(28)14-17-36(47)42-37/h4-8,13-17,20-22,26-27,32,41,45-46H,2-3,9-12,18-19,23-24H2,1H3,(H,42,47)(H,48,49)/t26?,27?,32-/m0/s1. The molecule has 0 bridgehead atoms. The van der Waals surface area contributed by atoms with Crippen LogP contribution in [0.25, 0.3) is 22.0 Å². The lowest BCUT2D eigenvalue weighted by molar-refractivity contribution is -0.170. The number of benzene rings is 2. The van der Waals surface area contributed by atoms with Crippen molar-refractivity contribution in [2.75, 3.05) is 20.1 Å². The van der Waals surface area contributed by atoms with Gasteiger partial charge in [0.2, 0.25) is 11.2 Å². The summed E-state index contributed by atoms with van der Waals surface area (Å²) in [5.74, 6) is -1.44. The van der Waals surface area contributed by atoms with E-state index in [2.05, 4.69) is 22.2 Å². The molecule has 0 saturated heterocycles. The molecule has 284 valence electrons. The zero-order valence-corrected chi connectivity index (χ0v) is 31.5. The quantitative estimate of drug-likeness (QED) is 0.0719. The van der Waals surface area contributed by atoms with Gasteiger partial charge in [-0.2, -0.15) is 0 Å². The van der Waals surface area contributed by atoms with E-state index in [1.54, 1.807) is 16.7 Å². The van der Waals surface area contributed by atoms with Crippen LogP contribution >= 0.6 is 22.7 Å². The highest BCUT2D eigenvalue weighted by Gasteiger charge is 2.48. The highest BCUT2D eigenvalue weighted by atomic mass is 32.1. The number of phenolic OH excluding ortho intramolecular Hbond substituents is 1. The SMILES string of the molecule is CN(CCCCn1c(=O)oc2cc(CNC[C@H](O)c3ccc(O)c4[nH]c(=O)ccc34)ccc21)C1CCC(OC(C(=O)O)(c2cccs2)c2cccs2)CC1. The van der Waals surface area contributed by atoms with Crippen LogP contribution in [0, 0.1) is 0 Å². The lowest BCUT2D eigenvalue weighted by Gasteiger charge is -2.38. The van der Waals surface area contributed by atoms with Crippen molar-refractivity contribution in [2.24, 2.45) is 0 Å². The summed E-state index contributed by atoms with van der Waals surface area (Å²) >= 11 is 2.82. The van der Waals surface area contributed by atoms with Crippen LogP contribution in [0.4, 0.5) is 0 Å². The first-order valence-electron chi connectivity index (χ1n) is 18.2. The summed E-state index contributed by atoms with van der Waals surface area (Å²) in [5, 5.41) is 39.1. The van der Waals surface area contributed by atoms with Crippen molar-refractivity contribution in [1.29, 1.82) is 0 Å². The average Bonchev–Trinajstić information content (AvgIpc) is 3.96. The molecule has 12 nitrogen and oxygen atoms in total. The number of aliphatic carboxylic acids is 1. The highest BCUT2D eigenvalue weighted by molar-refractivity contribution is 7.12. The maximum atomic E-state index is 12.8. The number of unbranched alkanes of at least 4 members (excludes halogenated alkanes) is 1. The van der Waals surface area contributed by atoms with Crippen molar-refractivity contribution in [1.82, 2.24) is 19.8 Å². The molecule has 54 heavy (non-hydrogen) atoms. The van der Waals surface area contributed by atoms with Gasteiger partial charge in [-0.05, 0) is 110 Å². The Kier molecular flexibility index (Phi) is 11.5. The number of aromatic hydroxyl groups is 1. The summed E-state index contributed by atoms with van der Waals surface area (Å²) < 4.78 is 13.8. The van der Waals surface area contributed by atoms with Crippen molar-refractivity contribution in [2.45, 2.75) is 75.5 Å². The number of phenols is 1. The van der Waals surface area contributed by atoms with Gasteiger partial charge < -0.3 is 39.7 Å². The summed E-state index contributed by atoms with van der Waals surface area (Å²) in [4.78, 5) is 43.7. The molecule has 4 heterocycles. The molecule has 1 atom stereocenters. The summed E-state index contributed by atoms with van der Waals surface area (Å²) in [7, 11) is 2.13. The van der Waals surface area contributed by atoms with Crippen molar-refractivity contribution in [3.8, 4) is 5.75 Å². The largest absolute Gasteiger partial charge is 0.506 e. The molecule has 0 amide bonds. The maximum Gasteiger partial charge on any atom is 0.419 e. The third-order valence-corrected chi connectivity index (χ3v) is 12.4. The number of oxazole rings is 1. The number of aromatic amines is 1. The van der Waals surface area contributed by atoms with Crippen LogP contribution in [-0.2, 0) is 28.2 Å². The van der Waals surface area contributed by atoms with E-state index in [-0.39, 0.29) is 29.5 Å². The molecule has 1 aliphatic carbocycles. The predicted molar refractivity (Wildman–Crippen MR) is 209 cm³/mol. The number of fused-ring (bicyclic) bond motifs is 2. The number of ether oxygens (including phenoxy) is 1. The molecule has 0 radical (unpaired) electrons. The molecule has 14 heteroatoms. The first kappa shape index (κ1) is 37.7. The Bertz CT molecular complexity index is 2270. The fraction of sp³-hybridized carbons (Fsp3) is 0.375. The van der Waals surface area contributed by atoms with Gasteiger partial charge in [0.25, 0.3) is 0 Å². The van der Waals surface area contributed by atoms with Crippen LogP contribution < -0.4 is 16.6 Å². The van der Waals surface area contributed by atoms with Gasteiger partial charge in [0.15, 0.2) is 5.58 Å². The van der Waals surface area contributed by atoms with Crippen molar-refractivity contribution in [3.63, 3.8) is 0 Å². The maximum absolute atomic E-state index is 12.8. The van der Waals surface area contributed by atoms with Crippen LogP contribution in [0.2, 0.25) is 0 Å². The number of nitrogens with zero attached hydrogens (tertiary/aromatic N) is 2. The van der Waals surface area contributed by atoms with E-state index in [0.29, 0.717) is 45.4 Å². The molecule has 5 N–H and O–H groups in total. The molecule has 4 aromatic heterocycles. The normalized spacial score (nSPS) is 17.1. The number of pyridine rings is 1. The molecule has 1 fully saturated rings. The minimum Gasteiger partial charge on any atom is -0.506 e. The first-order valence-corrected chi connectivity index (χ1v) is 20.0. The summed E-state index contributed by atoms with van der Waals surface area (Å²) in [6.07, 6.45) is 4.08. The van der Waals surface area contributed by atoms with Crippen LogP contribution in [0.3, 0.4) is 0 Å². The van der Waals surface area contributed by atoms with Gasteiger partial charge in [-0.25, -0.2) is 9.59 Å². The number of rotatable bonds is 16. The molecule has 0 spiro atoms. The van der Waals surface area contributed by atoms with Gasteiger partial charge in [0.05, 0.1) is 33.0 Å². The van der Waals surface area contributed by atoms with Crippen LogP contribution in [-0.4, -0.2) is 68.0 Å². The van der Waals surface area contributed by atoms with E-state index < -0.39 is 23.4 Å². The van der Waals surface area contributed by atoms with Crippen molar-refractivity contribution in [3.05, 3.63) is 119 Å². The van der Waals surface area contributed by atoms with Gasteiger partial charge in [0, 0.05) is 37.1 Å². The molecule has 0 unspecified atom stereocenters. The second kappa shape index (κ2) is 16.4. The number of thiophene rings is 2. The Morgan fingerprint density at radius 3 is 2.46 bits per heavy atom. The number of carbonyl (C=O) groups is 1. The predicted octanol–water partition coefficient (Wildman–Crippen LogP) is 6.16. The minimum atomic E-state index is -1.49. The average molecular weight is 773 g/mol. The fourth-order valence-corrected chi connectivity index (χ4v) is 9.38. The second-order valence-corrected chi connectivity index (χ2v) is 15.8. The Morgan fingerprint density at radius 2 is 1.78 bits per heavy atom. The van der Waals surface area contributed by atoms with E-state index in [4.69, 9.17) is 9.15 Å². The number of hydrogen-bond donors (Lipinski definition) is 5. The lowest BCUT2D eigenvalue weighted by atomic mass is 9.90. The third kappa shape index (κ3) is 7.81. The van der Waals surface area contributed by atoms with Crippen molar-refractivity contribution < 1.29 is 29.3 Å². The smallest absolute Gasteiger partial charge is 0.419 e. The molecule has 7 rings (SSSR count). The van der Waals surface area contributed by atoms with E-state index in [0.717, 1.165) is 56.1 Å². The Morgan fingerprint density at radius 1 is 1.04 bits per heavy atom. The van der Waals surface area contributed by atoms with Crippen LogP contribution in [0.1, 0.15) is 65.5 Å². The van der Waals surface area contributed by atoms with E-state index in [1.165, 1.54) is 34.8 Å². The Hall–Kier alpha value is -4.57. The summed E-state index contributed by atoms with van der Waals surface area (Å²) in [6, 6.07) is 19.5. The van der Waals surface area contributed by atoms with Gasteiger partial charge >= 0.3 is 11.7 Å². The molecular formula is C40H44N4O8S2. The highest BCUT2D eigenvalue weighted by Crippen LogP contribution is 2.42. The molecule has 6 aromatic rings. The lowest BCUT2D eigenvalue weighted by Crippen LogP contribution is -2.44. The summed E-state index contributed by atoms with van der Waals surface area (Å²) in [5.41, 5.74) is 1.18. The number of aryl methyl sites for hydroxylation is 1. The number of aliphatic hydroxyl groups excluding tert-OH is 1. The fourth-order valence-electron chi connectivity index (χ4n) is 7.57. The molecule has 1 saturated carbocycles. The zero-order chi connectivity index (χ0) is 37.8. The molecular weight excluding hydrogens is 729 g/mol. The topological polar surface area (TPSA) is 170 Å². The van der Waals surface area contributed by atoms with Gasteiger partial charge in [-0.1, -0.05) is 24.3 Å². The van der Waals surface area contributed by atoms with E-state index in [9.17, 15) is 29.7 Å². The number of H-pyrrole nitrogens is 1. The molecule has 2 aromatic carbocycles. The number of hydrogen-bond acceptors (Lipinski definition) is 11. The van der Waals surface area contributed by atoms with Gasteiger partial charge in [-0.3, -0.25) is 9.36 Å². The Balaban J connectivity index is 0.878. The van der Waals surface area contributed by atoms with Gasteiger partial charge in [0.1, 0.15) is 5.75 Å². The van der Waals surface area contributed by atoms with Crippen molar-refractivity contribution >= 4 is 50.6 Å². The minimum absolute atomic E-state index is 0.0616. The van der Waals surface area contributed by atoms with Gasteiger partial charge in [-0.15, -0.1) is 22.7 Å². The molecule has 1 aliphatic rings. The molecule has 0 aliphatic heterocycles. The van der Waals surface area contributed by atoms with E-state index >= 15 is 0 Å². The zero-order valence-electron chi connectivity index (χ0n) is 29.9. The monoisotopic (exact) mass is 772 g/mol. The second-order valence-electron chi connectivity index (χ2n) is 13.9. The summed E-state index contributed by atoms with van der Waals surface area (Å²) in [6.45, 7) is 2.07. The number of carboxylic acid groups (broad SMARTS) is 1. The first-order chi connectivity index (χ1) is 26.1. The number of nitrogens with one attached hydrogen (secondary N) is 2. The van der Waals surface area contributed by atoms with Crippen LogP contribution in [0.5, 0.6) is 5.75 Å². The Labute approximate surface area is 319 Å². The van der Waals surface area contributed by atoms with E-state index in [1.807, 2.05) is 53.2 Å². The third-order valence-electron chi connectivity index (χ3n) is 10.5.